The lowest BCUT2D eigenvalue weighted by Gasteiger charge is -2.00. The summed E-state index contributed by atoms with van der Waals surface area (Å²) in [7, 11) is 0. The van der Waals surface area contributed by atoms with E-state index >= 15 is 0 Å². The summed E-state index contributed by atoms with van der Waals surface area (Å²) in [6.07, 6.45) is 2.64. The number of hydrogen-bond acceptors (Lipinski definition) is 3. The highest BCUT2D eigenvalue weighted by atomic mass is 35.5. The van der Waals surface area contributed by atoms with Crippen LogP contribution in [0.3, 0.4) is 0 Å². The Morgan fingerprint density at radius 1 is 1.13 bits per heavy atom. The molecule has 1 aliphatic heterocycles. The molecular weight excluding hydrogens is 317 g/mol. The fraction of sp³-hybridized carbons (Fsp3) is 0.111. The van der Waals surface area contributed by atoms with Gasteiger partial charge in [-0.3, -0.25) is 0 Å². The average molecular weight is 330 g/mol. The Balaban J connectivity index is 1.70. The third-order valence-corrected chi connectivity index (χ3v) is 3.61. The van der Waals surface area contributed by atoms with E-state index in [2.05, 4.69) is 4.99 Å². The molecule has 0 unspecified atom stereocenters. The molecule has 0 bridgehead atoms. The highest BCUT2D eigenvalue weighted by Crippen LogP contribution is 2.19. The summed E-state index contributed by atoms with van der Waals surface area (Å²) in [6.45, 7) is 0. The smallest absolute Gasteiger partial charge is 0.363 e. The van der Waals surface area contributed by atoms with Gasteiger partial charge in [0.2, 0.25) is 0 Å². The molecule has 0 atom stereocenters. The number of cyclic esters (lactones) is 1. The molecule has 2 aromatic rings. The minimum atomic E-state index is -0.478. The van der Waals surface area contributed by atoms with E-state index in [4.69, 9.17) is 16.3 Å². The molecule has 3 rings (SSSR count). The second kappa shape index (κ2) is 6.75. The molecule has 3 nitrogen and oxygen atoms in total. The zero-order chi connectivity index (χ0) is 16.2. The van der Waals surface area contributed by atoms with Crippen LogP contribution >= 0.6 is 11.6 Å². The van der Waals surface area contributed by atoms with Gasteiger partial charge < -0.3 is 4.74 Å². The van der Waals surface area contributed by atoms with Gasteiger partial charge in [-0.15, -0.1) is 0 Å². The first-order valence-electron chi connectivity index (χ1n) is 7.11. The van der Waals surface area contributed by atoms with E-state index in [1.165, 1.54) is 12.1 Å². The molecule has 0 amide bonds. The highest BCUT2D eigenvalue weighted by Gasteiger charge is 2.22. The maximum Gasteiger partial charge on any atom is 0.363 e. The first-order valence-corrected chi connectivity index (χ1v) is 7.49. The molecule has 1 aliphatic rings. The van der Waals surface area contributed by atoms with Gasteiger partial charge >= 0.3 is 5.97 Å². The van der Waals surface area contributed by atoms with Gasteiger partial charge in [-0.2, -0.15) is 0 Å². The molecule has 0 spiro atoms. The predicted molar refractivity (Wildman–Crippen MR) is 87.7 cm³/mol. The number of nitrogens with zero attached hydrogens (tertiary/aromatic N) is 1. The van der Waals surface area contributed by atoms with Crippen LogP contribution in [0.4, 0.5) is 4.39 Å². The van der Waals surface area contributed by atoms with Crippen LogP contribution in [0.2, 0.25) is 5.02 Å². The van der Waals surface area contributed by atoms with Gasteiger partial charge in [-0.25, -0.2) is 14.2 Å². The van der Waals surface area contributed by atoms with Crippen LogP contribution in [-0.2, 0) is 16.0 Å². The van der Waals surface area contributed by atoms with Crippen LogP contribution in [-0.4, -0.2) is 11.9 Å². The number of carbonyl (C=O) groups is 1. The average Bonchev–Trinajstić information content (AvgIpc) is 2.88. The van der Waals surface area contributed by atoms with Gasteiger partial charge in [-0.1, -0.05) is 35.9 Å². The first-order chi connectivity index (χ1) is 11.1. The number of carbonyl (C=O) groups excluding carboxylic acids is 1. The van der Waals surface area contributed by atoms with Gasteiger partial charge in [0.15, 0.2) is 11.6 Å². The van der Waals surface area contributed by atoms with Crippen molar-refractivity contribution in [2.24, 2.45) is 4.99 Å². The van der Waals surface area contributed by atoms with Crippen molar-refractivity contribution < 1.29 is 13.9 Å². The second-order valence-electron chi connectivity index (χ2n) is 5.11. The summed E-state index contributed by atoms with van der Waals surface area (Å²) in [5.41, 5.74) is 1.90. The molecule has 5 heteroatoms. The summed E-state index contributed by atoms with van der Waals surface area (Å²) < 4.78 is 18.3. The van der Waals surface area contributed by atoms with Crippen molar-refractivity contribution in [3.63, 3.8) is 0 Å². The number of ether oxygens (including phenoxy) is 1. The molecule has 0 saturated heterocycles. The molecule has 0 fully saturated rings. The normalized spacial score (nSPS) is 15.7. The number of aryl methyl sites for hydroxylation is 1. The summed E-state index contributed by atoms with van der Waals surface area (Å²) >= 11 is 5.82. The Labute approximate surface area is 138 Å². The van der Waals surface area contributed by atoms with Crippen LogP contribution in [0.5, 0.6) is 0 Å². The summed E-state index contributed by atoms with van der Waals surface area (Å²) in [5, 5.41) is 0.625. The van der Waals surface area contributed by atoms with Gasteiger partial charge in [0.1, 0.15) is 5.82 Å². The van der Waals surface area contributed by atoms with Gasteiger partial charge in [-0.05, 0) is 47.9 Å². The number of esters is 1. The maximum absolute atomic E-state index is 13.1. The number of halogens is 2. The van der Waals surface area contributed by atoms with Crippen molar-refractivity contribution in [2.45, 2.75) is 12.8 Å². The van der Waals surface area contributed by atoms with Crippen molar-refractivity contribution >= 4 is 29.5 Å². The molecule has 23 heavy (non-hydrogen) atoms. The molecular formula is C18H13ClFNO2. The largest absolute Gasteiger partial charge is 0.407 e. The standard InChI is InChI=1S/C18H13ClFNO2/c19-14-7-4-13(5-8-14)11-16-18(22)23-17(21-16)9-6-12-2-1-3-15(20)10-12/h1-5,7-8,10-11H,6,9H2/b16-11+. The topological polar surface area (TPSA) is 38.7 Å². The Bertz CT molecular complexity index is 797. The van der Waals surface area contributed by atoms with Crippen LogP contribution < -0.4 is 0 Å². The predicted octanol–water partition coefficient (Wildman–Crippen LogP) is 4.41. The quantitative estimate of drug-likeness (QED) is 0.615. The molecule has 0 aromatic heterocycles. The highest BCUT2D eigenvalue weighted by molar-refractivity contribution is 6.30. The zero-order valence-corrected chi connectivity index (χ0v) is 12.9. The monoisotopic (exact) mass is 329 g/mol. The van der Waals surface area contributed by atoms with Gasteiger partial charge in [0.25, 0.3) is 0 Å². The molecule has 1 heterocycles. The van der Waals surface area contributed by atoms with Gasteiger partial charge in [0, 0.05) is 11.4 Å². The van der Waals surface area contributed by atoms with E-state index in [1.807, 2.05) is 6.07 Å². The number of aliphatic imine (C=N–C) groups is 1. The number of benzene rings is 2. The zero-order valence-electron chi connectivity index (χ0n) is 12.1. The lowest BCUT2D eigenvalue weighted by Crippen LogP contribution is -2.05. The van der Waals surface area contributed by atoms with Gasteiger partial charge in [0.05, 0.1) is 0 Å². The minimum Gasteiger partial charge on any atom is -0.407 e. The van der Waals surface area contributed by atoms with Crippen molar-refractivity contribution in [1.82, 2.24) is 0 Å². The van der Waals surface area contributed by atoms with Crippen molar-refractivity contribution in [1.29, 1.82) is 0 Å². The Hall–Kier alpha value is -2.46. The maximum atomic E-state index is 13.1. The molecule has 0 N–H and O–H groups in total. The van der Waals surface area contributed by atoms with Crippen LogP contribution in [0, 0.1) is 5.82 Å². The van der Waals surface area contributed by atoms with E-state index < -0.39 is 5.97 Å². The molecule has 116 valence electrons. The molecule has 2 aromatic carbocycles. The fourth-order valence-corrected chi connectivity index (χ4v) is 2.35. The third kappa shape index (κ3) is 4.05. The first kappa shape index (κ1) is 15.4. The summed E-state index contributed by atoms with van der Waals surface area (Å²) in [5.74, 6) is -0.412. The number of hydrogen-bond donors (Lipinski definition) is 0. The third-order valence-electron chi connectivity index (χ3n) is 3.35. The van der Waals surface area contributed by atoms with Crippen LogP contribution in [0.25, 0.3) is 6.08 Å². The lowest BCUT2D eigenvalue weighted by atomic mass is 10.1. The Morgan fingerprint density at radius 2 is 1.91 bits per heavy atom. The Kier molecular flexibility index (Phi) is 4.53. The Morgan fingerprint density at radius 3 is 2.65 bits per heavy atom. The molecule has 0 aliphatic carbocycles. The molecule has 0 saturated carbocycles. The van der Waals surface area contributed by atoms with Crippen LogP contribution in [0.15, 0.2) is 59.2 Å². The second-order valence-corrected chi connectivity index (χ2v) is 5.54. The van der Waals surface area contributed by atoms with E-state index in [1.54, 1.807) is 36.4 Å². The van der Waals surface area contributed by atoms with E-state index in [-0.39, 0.29) is 11.5 Å². The summed E-state index contributed by atoms with van der Waals surface area (Å²) in [6, 6.07) is 13.4. The van der Waals surface area contributed by atoms with E-state index in [0.29, 0.717) is 23.8 Å². The van der Waals surface area contributed by atoms with Crippen molar-refractivity contribution in [3.05, 3.63) is 76.2 Å². The van der Waals surface area contributed by atoms with E-state index in [9.17, 15) is 9.18 Å². The fourth-order valence-electron chi connectivity index (χ4n) is 2.22. The minimum absolute atomic E-state index is 0.251. The van der Waals surface area contributed by atoms with E-state index in [0.717, 1.165) is 11.1 Å². The van der Waals surface area contributed by atoms with Crippen molar-refractivity contribution in [3.8, 4) is 0 Å². The molecule has 0 radical (unpaired) electrons. The number of rotatable bonds is 4. The lowest BCUT2D eigenvalue weighted by molar-refractivity contribution is -0.130. The SMILES string of the molecule is O=C1OC(CCc2cccc(F)c2)=N/C1=C/c1ccc(Cl)cc1. The van der Waals surface area contributed by atoms with Crippen molar-refractivity contribution in [2.75, 3.05) is 0 Å². The van der Waals surface area contributed by atoms with Crippen LogP contribution in [0.1, 0.15) is 17.5 Å². The summed E-state index contributed by atoms with van der Waals surface area (Å²) in [4.78, 5) is 16.0.